The highest BCUT2D eigenvalue weighted by Gasteiger charge is 2.18. The van der Waals surface area contributed by atoms with Crippen LogP contribution in [0.5, 0.6) is 0 Å². The second-order valence-corrected chi connectivity index (χ2v) is 7.18. The Morgan fingerprint density at radius 1 is 1.25 bits per heavy atom. The summed E-state index contributed by atoms with van der Waals surface area (Å²) < 4.78 is 15.9. The Kier molecular flexibility index (Phi) is 3.51. The van der Waals surface area contributed by atoms with Gasteiger partial charge in [0, 0.05) is 18.0 Å². The molecule has 2 N–H and O–H groups in total. The highest BCUT2D eigenvalue weighted by molar-refractivity contribution is 14.1. The molecule has 0 amide bonds. The van der Waals surface area contributed by atoms with Crippen LogP contribution in [0.3, 0.4) is 0 Å². The predicted octanol–water partition coefficient (Wildman–Crippen LogP) is 4.14. The quantitative estimate of drug-likeness (QED) is 0.659. The summed E-state index contributed by atoms with van der Waals surface area (Å²) in [6.45, 7) is 0. The first kappa shape index (κ1) is 13.6. The lowest BCUT2D eigenvalue weighted by Gasteiger charge is -2.03. The standard InChI is InChI=1S/C14H11FIN3S/c1-19-14(17)12(8-2-4-10(15)5-3-8)13(18-19)9-6-11(16)20-7-9/h2-7H,17H2,1H3. The number of rotatable bonds is 2. The van der Waals surface area contributed by atoms with Crippen molar-refractivity contribution in [1.82, 2.24) is 9.78 Å². The Labute approximate surface area is 133 Å². The molecule has 3 aromatic rings. The number of aryl methyl sites for hydroxylation is 1. The molecule has 1 aromatic carbocycles. The lowest BCUT2D eigenvalue weighted by Crippen LogP contribution is -1.97. The van der Waals surface area contributed by atoms with E-state index in [1.165, 1.54) is 15.0 Å². The second kappa shape index (κ2) is 5.17. The molecule has 0 aliphatic carbocycles. The van der Waals surface area contributed by atoms with E-state index < -0.39 is 0 Å². The number of aromatic nitrogens is 2. The van der Waals surface area contributed by atoms with Crippen LogP contribution in [0.2, 0.25) is 0 Å². The van der Waals surface area contributed by atoms with Crippen LogP contribution in [-0.4, -0.2) is 9.78 Å². The smallest absolute Gasteiger partial charge is 0.129 e. The normalized spacial score (nSPS) is 10.9. The van der Waals surface area contributed by atoms with Crippen molar-refractivity contribution in [3.05, 3.63) is 44.4 Å². The van der Waals surface area contributed by atoms with Gasteiger partial charge in [-0.15, -0.1) is 11.3 Å². The number of anilines is 1. The largest absolute Gasteiger partial charge is 0.383 e. The zero-order chi connectivity index (χ0) is 14.3. The third-order valence-corrected chi connectivity index (χ3v) is 4.85. The highest BCUT2D eigenvalue weighted by Crippen LogP contribution is 2.37. The average molecular weight is 399 g/mol. The third kappa shape index (κ3) is 2.33. The van der Waals surface area contributed by atoms with Crippen molar-refractivity contribution < 1.29 is 4.39 Å². The number of hydrogen-bond donors (Lipinski definition) is 1. The van der Waals surface area contributed by atoms with Crippen molar-refractivity contribution in [1.29, 1.82) is 0 Å². The molecule has 0 aliphatic heterocycles. The van der Waals surface area contributed by atoms with E-state index in [4.69, 9.17) is 5.73 Å². The molecule has 0 spiro atoms. The molecule has 2 heterocycles. The third-order valence-electron chi connectivity index (χ3n) is 3.07. The van der Waals surface area contributed by atoms with Crippen molar-refractivity contribution in [2.45, 2.75) is 0 Å². The molecular weight excluding hydrogens is 388 g/mol. The van der Waals surface area contributed by atoms with Crippen LogP contribution in [0, 0.1) is 8.70 Å². The van der Waals surface area contributed by atoms with Crippen LogP contribution in [0.15, 0.2) is 35.7 Å². The Hall–Kier alpha value is -1.41. The van der Waals surface area contributed by atoms with E-state index in [0.29, 0.717) is 5.82 Å². The minimum atomic E-state index is -0.261. The number of halogens is 2. The fourth-order valence-corrected chi connectivity index (χ4v) is 3.41. The molecule has 0 saturated heterocycles. The summed E-state index contributed by atoms with van der Waals surface area (Å²) in [7, 11) is 1.81. The molecule has 0 atom stereocenters. The van der Waals surface area contributed by atoms with Gasteiger partial charge in [0.2, 0.25) is 0 Å². The molecule has 102 valence electrons. The van der Waals surface area contributed by atoms with Gasteiger partial charge >= 0.3 is 0 Å². The molecule has 0 unspecified atom stereocenters. The number of hydrogen-bond acceptors (Lipinski definition) is 3. The van der Waals surface area contributed by atoms with Gasteiger partial charge in [0.15, 0.2) is 0 Å². The van der Waals surface area contributed by atoms with Gasteiger partial charge in [0.05, 0.1) is 8.45 Å². The van der Waals surface area contributed by atoms with Gasteiger partial charge < -0.3 is 5.73 Å². The van der Waals surface area contributed by atoms with Crippen molar-refractivity contribution in [2.75, 3.05) is 5.73 Å². The number of nitrogen functional groups attached to an aromatic ring is 1. The Balaban J connectivity index is 2.21. The average Bonchev–Trinajstić information content (AvgIpc) is 2.97. The van der Waals surface area contributed by atoms with Crippen LogP contribution < -0.4 is 5.73 Å². The monoisotopic (exact) mass is 399 g/mol. The first-order valence-corrected chi connectivity index (χ1v) is 7.85. The molecule has 20 heavy (non-hydrogen) atoms. The summed E-state index contributed by atoms with van der Waals surface area (Å²) in [6, 6.07) is 8.39. The van der Waals surface area contributed by atoms with E-state index in [1.807, 2.05) is 7.05 Å². The summed E-state index contributed by atoms with van der Waals surface area (Å²) in [5, 5.41) is 6.55. The fourth-order valence-electron chi connectivity index (χ4n) is 2.07. The van der Waals surface area contributed by atoms with Gasteiger partial charge in [-0.1, -0.05) is 12.1 Å². The molecule has 3 rings (SSSR count). The van der Waals surface area contributed by atoms with E-state index in [2.05, 4.69) is 39.1 Å². The zero-order valence-corrected chi connectivity index (χ0v) is 13.6. The van der Waals surface area contributed by atoms with Crippen molar-refractivity contribution in [2.24, 2.45) is 7.05 Å². The number of thiophene rings is 1. The van der Waals surface area contributed by atoms with Crippen molar-refractivity contribution >= 4 is 39.7 Å². The lowest BCUT2D eigenvalue weighted by molar-refractivity contribution is 0.628. The predicted molar refractivity (Wildman–Crippen MR) is 89.0 cm³/mol. The van der Waals surface area contributed by atoms with Crippen LogP contribution in [0.1, 0.15) is 0 Å². The summed E-state index contributed by atoms with van der Waals surface area (Å²) in [6.07, 6.45) is 0. The summed E-state index contributed by atoms with van der Waals surface area (Å²) >= 11 is 3.93. The van der Waals surface area contributed by atoms with E-state index in [9.17, 15) is 4.39 Å². The van der Waals surface area contributed by atoms with Gasteiger partial charge in [-0.25, -0.2) is 4.39 Å². The molecule has 6 heteroatoms. The summed E-state index contributed by atoms with van der Waals surface area (Å²) in [5.41, 5.74) is 9.71. The first-order valence-electron chi connectivity index (χ1n) is 5.89. The van der Waals surface area contributed by atoms with Crippen LogP contribution in [-0.2, 0) is 7.05 Å². The van der Waals surface area contributed by atoms with Gasteiger partial charge in [-0.2, -0.15) is 5.10 Å². The maximum atomic E-state index is 13.1. The Morgan fingerprint density at radius 3 is 2.55 bits per heavy atom. The number of nitrogens with zero attached hydrogens (tertiary/aromatic N) is 2. The van der Waals surface area contributed by atoms with Crippen LogP contribution >= 0.6 is 33.9 Å². The van der Waals surface area contributed by atoms with E-state index >= 15 is 0 Å². The van der Waals surface area contributed by atoms with Crippen molar-refractivity contribution in [3.8, 4) is 22.4 Å². The second-order valence-electron chi connectivity index (χ2n) is 4.38. The molecule has 2 aromatic heterocycles. The Bertz CT molecular complexity index is 761. The lowest BCUT2D eigenvalue weighted by atomic mass is 10.0. The number of nitrogens with two attached hydrogens (primary N) is 1. The van der Waals surface area contributed by atoms with Gasteiger partial charge in [0.1, 0.15) is 17.3 Å². The molecule has 0 saturated carbocycles. The minimum Gasteiger partial charge on any atom is -0.383 e. The maximum absolute atomic E-state index is 13.1. The molecule has 0 bridgehead atoms. The molecule has 3 nitrogen and oxygen atoms in total. The first-order chi connectivity index (χ1) is 9.56. The Morgan fingerprint density at radius 2 is 1.95 bits per heavy atom. The van der Waals surface area contributed by atoms with Gasteiger partial charge in [-0.05, 0) is 46.4 Å². The maximum Gasteiger partial charge on any atom is 0.129 e. The van der Waals surface area contributed by atoms with E-state index in [0.717, 1.165) is 22.4 Å². The molecule has 0 aliphatic rings. The molecule has 0 fully saturated rings. The zero-order valence-electron chi connectivity index (χ0n) is 10.6. The fraction of sp³-hybridized carbons (Fsp3) is 0.0714. The summed E-state index contributed by atoms with van der Waals surface area (Å²) in [5.74, 6) is 0.315. The van der Waals surface area contributed by atoms with E-state index in [1.54, 1.807) is 28.2 Å². The SMILES string of the molecule is Cn1nc(-c2csc(I)c2)c(-c2ccc(F)cc2)c1N. The minimum absolute atomic E-state index is 0.261. The number of benzene rings is 1. The molecular formula is C14H11FIN3S. The van der Waals surface area contributed by atoms with Crippen LogP contribution in [0.25, 0.3) is 22.4 Å². The van der Waals surface area contributed by atoms with Gasteiger partial charge in [0.25, 0.3) is 0 Å². The summed E-state index contributed by atoms with van der Waals surface area (Å²) in [4.78, 5) is 0. The van der Waals surface area contributed by atoms with E-state index in [-0.39, 0.29) is 5.82 Å². The van der Waals surface area contributed by atoms with Crippen molar-refractivity contribution in [3.63, 3.8) is 0 Å². The van der Waals surface area contributed by atoms with Crippen LogP contribution in [0.4, 0.5) is 10.2 Å². The molecule has 0 radical (unpaired) electrons. The highest BCUT2D eigenvalue weighted by atomic mass is 127. The topological polar surface area (TPSA) is 43.8 Å². The van der Waals surface area contributed by atoms with Gasteiger partial charge in [-0.3, -0.25) is 4.68 Å².